The van der Waals surface area contributed by atoms with Crippen molar-refractivity contribution < 1.29 is 37.5 Å². The molecule has 2 saturated heterocycles. The first kappa shape index (κ1) is 27.7. The minimum atomic E-state index is -5.08. The Bertz CT molecular complexity index is 1240. The number of benzene rings is 2. The monoisotopic (exact) mass is 547 g/mol. The van der Waals surface area contributed by atoms with Gasteiger partial charge in [-0.15, -0.1) is 0 Å². The molecule has 10 nitrogen and oxygen atoms in total. The smallest absolute Gasteiger partial charge is 0.475 e. The number of nitrogens with zero attached hydrogens (tertiary/aromatic N) is 4. The largest absolute Gasteiger partial charge is 0.490 e. The van der Waals surface area contributed by atoms with Crippen molar-refractivity contribution in [3.05, 3.63) is 60.2 Å². The lowest BCUT2D eigenvalue weighted by Gasteiger charge is -2.35. The summed E-state index contributed by atoms with van der Waals surface area (Å²) >= 11 is 0. The molecule has 2 aromatic rings. The zero-order chi connectivity index (χ0) is 28.5. The highest BCUT2D eigenvalue weighted by Crippen LogP contribution is 2.46. The van der Waals surface area contributed by atoms with Gasteiger partial charge in [-0.2, -0.15) is 13.2 Å². The van der Waals surface area contributed by atoms with Gasteiger partial charge in [0.1, 0.15) is 6.04 Å². The Morgan fingerprint density at radius 2 is 1.62 bits per heavy atom. The van der Waals surface area contributed by atoms with Gasteiger partial charge in [-0.1, -0.05) is 30.3 Å². The fourth-order valence-corrected chi connectivity index (χ4v) is 4.68. The van der Waals surface area contributed by atoms with Crippen LogP contribution in [0, 0.1) is 0 Å². The molecule has 3 unspecified atom stereocenters. The van der Waals surface area contributed by atoms with Crippen molar-refractivity contribution in [2.45, 2.75) is 30.6 Å². The molecule has 39 heavy (non-hydrogen) atoms. The summed E-state index contributed by atoms with van der Waals surface area (Å²) < 4.78 is 31.7. The molecule has 1 saturated carbocycles. The van der Waals surface area contributed by atoms with Crippen molar-refractivity contribution in [1.29, 1.82) is 0 Å². The lowest BCUT2D eigenvalue weighted by molar-refractivity contribution is -0.192. The van der Waals surface area contributed by atoms with Crippen molar-refractivity contribution in [1.82, 2.24) is 14.7 Å². The van der Waals surface area contributed by atoms with Gasteiger partial charge in [0.05, 0.1) is 6.54 Å². The number of amides is 5. The molecule has 2 N–H and O–H groups in total. The molecule has 5 amide bonds. The van der Waals surface area contributed by atoms with E-state index in [2.05, 4.69) is 5.32 Å². The number of aliphatic carboxylic acids is 1. The molecular formula is C26H28F3N5O5. The number of hydrogen-bond acceptors (Lipinski definition) is 5. The summed E-state index contributed by atoms with van der Waals surface area (Å²) in [6.45, 7) is 0.977. The average molecular weight is 548 g/mol. The number of nitrogens with one attached hydrogen (secondary N) is 1. The van der Waals surface area contributed by atoms with Crippen LogP contribution in [-0.4, -0.2) is 95.7 Å². The van der Waals surface area contributed by atoms with Crippen LogP contribution in [0.15, 0.2) is 54.6 Å². The fraction of sp³-hybridized carbons (Fsp3) is 0.385. The van der Waals surface area contributed by atoms with Crippen molar-refractivity contribution in [2.24, 2.45) is 0 Å². The number of carboxylic acid groups (broad SMARTS) is 1. The van der Waals surface area contributed by atoms with E-state index in [1.165, 1.54) is 4.90 Å². The van der Waals surface area contributed by atoms with Crippen LogP contribution in [-0.2, 0) is 9.59 Å². The molecule has 5 rings (SSSR count). The van der Waals surface area contributed by atoms with Crippen LogP contribution < -0.4 is 10.2 Å². The maximum Gasteiger partial charge on any atom is 0.490 e. The van der Waals surface area contributed by atoms with E-state index >= 15 is 0 Å². The normalized spacial score (nSPS) is 22.1. The van der Waals surface area contributed by atoms with E-state index in [1.54, 1.807) is 9.80 Å². The summed E-state index contributed by atoms with van der Waals surface area (Å²) in [6.07, 6.45) is -4.28. The molecule has 0 radical (unpaired) electrons. The Morgan fingerprint density at radius 3 is 2.18 bits per heavy atom. The number of carbonyl (C=O) groups excluding carboxylic acids is 3. The van der Waals surface area contributed by atoms with Crippen molar-refractivity contribution in [3.8, 4) is 0 Å². The number of piperazine rings is 1. The van der Waals surface area contributed by atoms with E-state index in [-0.39, 0.29) is 36.5 Å². The van der Waals surface area contributed by atoms with Crippen LogP contribution in [0.25, 0.3) is 0 Å². The van der Waals surface area contributed by atoms with E-state index in [4.69, 9.17) is 9.90 Å². The van der Waals surface area contributed by atoms with Gasteiger partial charge in [0.15, 0.2) is 0 Å². The fourth-order valence-electron chi connectivity index (χ4n) is 4.68. The Labute approximate surface area is 222 Å². The van der Waals surface area contributed by atoms with Crippen LogP contribution in [0.3, 0.4) is 0 Å². The topological polar surface area (TPSA) is 114 Å². The number of urea groups is 2. The van der Waals surface area contributed by atoms with Gasteiger partial charge in [0.25, 0.3) is 5.91 Å². The van der Waals surface area contributed by atoms with Crippen LogP contribution in [0.4, 0.5) is 34.1 Å². The summed E-state index contributed by atoms with van der Waals surface area (Å²) in [4.78, 5) is 54.5. The summed E-state index contributed by atoms with van der Waals surface area (Å²) in [5, 5.41) is 10.0. The third-order valence-electron chi connectivity index (χ3n) is 6.84. The van der Waals surface area contributed by atoms with E-state index in [9.17, 15) is 27.6 Å². The number of alkyl halides is 3. The van der Waals surface area contributed by atoms with Crippen molar-refractivity contribution in [2.75, 3.05) is 43.9 Å². The average Bonchev–Trinajstić information content (AvgIpc) is 3.64. The number of rotatable bonds is 4. The van der Waals surface area contributed by atoms with Gasteiger partial charge < -0.3 is 25.1 Å². The Kier molecular flexibility index (Phi) is 7.70. The molecule has 0 spiro atoms. The van der Waals surface area contributed by atoms with Crippen LogP contribution >= 0.6 is 0 Å². The summed E-state index contributed by atoms with van der Waals surface area (Å²) in [5.74, 6) is -2.74. The second kappa shape index (κ2) is 10.8. The SMILES string of the molecule is CN(C)c1ccc(NC(=O)N2CCN3C(=O)N(C4CC4c4ccccc4)C(=O)C3C2)cc1.O=C(O)C(F)(F)F. The lowest BCUT2D eigenvalue weighted by Crippen LogP contribution is -2.55. The summed E-state index contributed by atoms with van der Waals surface area (Å²) in [5.41, 5.74) is 2.90. The standard InChI is InChI=1S/C24H27N5O3.C2HF3O2/c1-26(2)18-10-8-17(9-11-18)25-23(31)27-12-13-28-21(15-27)22(30)29(24(28)32)20-14-19(20)16-6-4-3-5-7-16;3-2(4,5)1(6)7/h3-11,19-21H,12-15H2,1-2H3,(H,25,31);(H,6,7). The van der Waals surface area contributed by atoms with Gasteiger partial charge in [0, 0.05) is 50.5 Å². The first-order valence-corrected chi connectivity index (χ1v) is 12.2. The number of carboxylic acids is 1. The second-order valence-corrected chi connectivity index (χ2v) is 9.64. The number of carbonyl (C=O) groups is 4. The van der Waals surface area contributed by atoms with E-state index in [0.717, 1.165) is 17.7 Å². The Balaban J connectivity index is 0.000000448. The van der Waals surface area contributed by atoms with E-state index in [1.807, 2.05) is 73.6 Å². The molecule has 3 aliphatic rings. The van der Waals surface area contributed by atoms with Gasteiger partial charge in [-0.3, -0.25) is 9.69 Å². The quantitative estimate of drug-likeness (QED) is 0.568. The van der Waals surface area contributed by atoms with Crippen LogP contribution in [0.2, 0.25) is 0 Å². The minimum Gasteiger partial charge on any atom is -0.475 e. The predicted molar refractivity (Wildman–Crippen MR) is 135 cm³/mol. The highest BCUT2D eigenvalue weighted by atomic mass is 19.4. The van der Waals surface area contributed by atoms with Crippen molar-refractivity contribution >= 4 is 35.3 Å². The van der Waals surface area contributed by atoms with Crippen LogP contribution in [0.5, 0.6) is 0 Å². The zero-order valence-electron chi connectivity index (χ0n) is 21.3. The molecule has 208 valence electrons. The lowest BCUT2D eigenvalue weighted by atomic mass is 10.1. The third-order valence-corrected chi connectivity index (χ3v) is 6.84. The number of hydrogen-bond donors (Lipinski definition) is 2. The van der Waals surface area contributed by atoms with Gasteiger partial charge >= 0.3 is 24.2 Å². The molecule has 3 fully saturated rings. The van der Waals surface area contributed by atoms with E-state index < -0.39 is 18.2 Å². The summed E-state index contributed by atoms with van der Waals surface area (Å²) in [7, 11) is 3.92. The third kappa shape index (κ3) is 6.07. The minimum absolute atomic E-state index is 0.0829. The Hall–Kier alpha value is -4.29. The molecular weight excluding hydrogens is 519 g/mol. The maximum absolute atomic E-state index is 13.1. The molecule has 13 heteroatoms. The number of anilines is 2. The number of imide groups is 1. The van der Waals surface area contributed by atoms with Crippen LogP contribution in [0.1, 0.15) is 17.9 Å². The predicted octanol–water partition coefficient (Wildman–Crippen LogP) is 3.42. The summed E-state index contributed by atoms with van der Waals surface area (Å²) in [6, 6.07) is 16.4. The van der Waals surface area contributed by atoms with E-state index in [0.29, 0.717) is 18.8 Å². The van der Waals surface area contributed by atoms with Gasteiger partial charge in [-0.25, -0.2) is 14.4 Å². The zero-order valence-corrected chi connectivity index (χ0v) is 21.3. The van der Waals surface area contributed by atoms with Crippen molar-refractivity contribution in [3.63, 3.8) is 0 Å². The maximum atomic E-state index is 13.1. The Morgan fingerprint density at radius 1 is 1.00 bits per heavy atom. The molecule has 3 atom stereocenters. The highest BCUT2D eigenvalue weighted by molar-refractivity contribution is 6.05. The molecule has 0 aromatic heterocycles. The van der Waals surface area contributed by atoms with Gasteiger partial charge in [0.2, 0.25) is 0 Å². The highest BCUT2D eigenvalue weighted by Gasteiger charge is 2.56. The number of halogens is 3. The molecule has 2 aliphatic heterocycles. The molecule has 1 aliphatic carbocycles. The molecule has 0 bridgehead atoms. The number of fused-ring (bicyclic) bond motifs is 1. The molecule has 2 aromatic carbocycles. The molecule has 2 heterocycles. The first-order valence-electron chi connectivity index (χ1n) is 12.2. The second-order valence-electron chi connectivity index (χ2n) is 9.64. The first-order chi connectivity index (χ1) is 18.4. The van der Waals surface area contributed by atoms with Gasteiger partial charge in [-0.05, 0) is 36.2 Å².